The predicted molar refractivity (Wildman–Crippen MR) is 105 cm³/mol. The van der Waals surface area contributed by atoms with Gasteiger partial charge >= 0.3 is 0 Å². The van der Waals surface area contributed by atoms with E-state index in [1.165, 1.54) is 22.5 Å². The Bertz CT molecular complexity index is 1380. The SMILES string of the molecule is Cn1cnc2ncn(Cc3nc([C@@H]4[C@H]5C=C(c6cccc(F)c6)C[C@H]54)no3)c(=O)c21. The molecule has 0 N–H and O–H groups in total. The normalized spacial score (nSPS) is 22.3. The second-order valence-corrected chi connectivity index (χ2v) is 7.92. The smallest absolute Gasteiger partial charge is 0.280 e. The number of benzene rings is 1. The zero-order chi connectivity index (χ0) is 20.4. The van der Waals surface area contributed by atoms with E-state index in [1.807, 2.05) is 6.07 Å². The van der Waals surface area contributed by atoms with Gasteiger partial charge in [0, 0.05) is 13.0 Å². The van der Waals surface area contributed by atoms with Crippen LogP contribution in [0.1, 0.15) is 29.6 Å². The van der Waals surface area contributed by atoms with Crippen LogP contribution in [0.5, 0.6) is 0 Å². The molecule has 8 nitrogen and oxygen atoms in total. The van der Waals surface area contributed by atoms with Gasteiger partial charge in [-0.3, -0.25) is 9.36 Å². The molecule has 1 aromatic carbocycles. The first-order valence-electron chi connectivity index (χ1n) is 9.74. The first-order chi connectivity index (χ1) is 14.6. The van der Waals surface area contributed by atoms with Crippen LogP contribution < -0.4 is 5.56 Å². The summed E-state index contributed by atoms with van der Waals surface area (Å²) in [5.74, 6) is 1.80. The lowest BCUT2D eigenvalue weighted by atomic mass is 10.0. The third-order valence-corrected chi connectivity index (χ3v) is 6.06. The summed E-state index contributed by atoms with van der Waals surface area (Å²) in [5, 5.41) is 4.14. The van der Waals surface area contributed by atoms with Gasteiger partial charge in [0.2, 0.25) is 5.89 Å². The monoisotopic (exact) mass is 404 g/mol. The molecule has 1 fully saturated rings. The molecule has 0 radical (unpaired) electrons. The van der Waals surface area contributed by atoms with Crippen LogP contribution in [-0.4, -0.2) is 29.2 Å². The summed E-state index contributed by atoms with van der Waals surface area (Å²) in [5.41, 5.74) is 2.75. The minimum atomic E-state index is -0.220. The molecule has 2 aliphatic carbocycles. The summed E-state index contributed by atoms with van der Waals surface area (Å²) in [6, 6.07) is 6.70. The van der Waals surface area contributed by atoms with Crippen molar-refractivity contribution in [3.8, 4) is 0 Å². The Morgan fingerprint density at radius 2 is 2.13 bits per heavy atom. The third-order valence-electron chi connectivity index (χ3n) is 6.06. The molecule has 30 heavy (non-hydrogen) atoms. The Kier molecular flexibility index (Phi) is 3.56. The van der Waals surface area contributed by atoms with Crippen molar-refractivity contribution in [3.63, 3.8) is 0 Å². The van der Waals surface area contributed by atoms with E-state index in [-0.39, 0.29) is 23.8 Å². The lowest BCUT2D eigenvalue weighted by Crippen LogP contribution is -2.22. The van der Waals surface area contributed by atoms with Gasteiger partial charge in [0.05, 0.1) is 6.33 Å². The van der Waals surface area contributed by atoms with E-state index in [0.29, 0.717) is 34.7 Å². The first kappa shape index (κ1) is 17.3. The minimum absolute atomic E-state index is 0.159. The second kappa shape index (κ2) is 6.19. The molecule has 3 atom stereocenters. The Morgan fingerprint density at radius 3 is 2.93 bits per heavy atom. The Balaban J connectivity index is 1.21. The van der Waals surface area contributed by atoms with Gasteiger partial charge in [-0.2, -0.15) is 4.98 Å². The van der Waals surface area contributed by atoms with E-state index in [0.717, 1.165) is 12.0 Å². The molecule has 4 aromatic rings. The predicted octanol–water partition coefficient (Wildman–Crippen LogP) is 2.52. The maximum atomic E-state index is 13.5. The lowest BCUT2D eigenvalue weighted by Gasteiger charge is -2.05. The van der Waals surface area contributed by atoms with Gasteiger partial charge in [-0.1, -0.05) is 23.4 Å². The van der Waals surface area contributed by atoms with Gasteiger partial charge in [-0.05, 0) is 41.5 Å². The summed E-state index contributed by atoms with van der Waals surface area (Å²) in [6.45, 7) is 0.159. The third kappa shape index (κ3) is 2.62. The number of hydrogen-bond donors (Lipinski definition) is 0. The summed E-state index contributed by atoms with van der Waals surface area (Å²) < 4.78 is 22.0. The molecule has 1 saturated carbocycles. The molecule has 0 saturated heterocycles. The van der Waals surface area contributed by atoms with Crippen LogP contribution in [-0.2, 0) is 13.6 Å². The molecule has 0 bridgehead atoms. The molecule has 0 spiro atoms. The summed E-state index contributed by atoms with van der Waals surface area (Å²) in [6.07, 6.45) is 6.08. The molecule has 9 heteroatoms. The lowest BCUT2D eigenvalue weighted by molar-refractivity contribution is 0.364. The highest BCUT2D eigenvalue weighted by Gasteiger charge is 2.55. The van der Waals surface area contributed by atoms with Crippen LogP contribution >= 0.6 is 0 Å². The van der Waals surface area contributed by atoms with Crippen LogP contribution in [0.15, 0.2) is 52.3 Å². The molecule has 0 aliphatic heterocycles. The van der Waals surface area contributed by atoms with Crippen LogP contribution in [0.25, 0.3) is 16.7 Å². The van der Waals surface area contributed by atoms with Gasteiger partial charge in [-0.25, -0.2) is 14.4 Å². The topological polar surface area (TPSA) is 91.6 Å². The zero-order valence-corrected chi connectivity index (χ0v) is 16.1. The number of rotatable bonds is 4. The maximum absolute atomic E-state index is 13.5. The molecule has 3 heterocycles. The van der Waals surface area contributed by atoms with Gasteiger partial charge in [-0.15, -0.1) is 0 Å². The van der Waals surface area contributed by atoms with E-state index in [9.17, 15) is 9.18 Å². The van der Waals surface area contributed by atoms with Gasteiger partial charge in [0.1, 0.15) is 18.7 Å². The Morgan fingerprint density at radius 1 is 1.27 bits per heavy atom. The summed E-state index contributed by atoms with van der Waals surface area (Å²) >= 11 is 0. The van der Waals surface area contributed by atoms with E-state index >= 15 is 0 Å². The van der Waals surface area contributed by atoms with Gasteiger partial charge in [0.25, 0.3) is 5.56 Å². The standard InChI is InChI=1S/C21H17FN6O2/c1-27-9-23-20-18(27)21(29)28(10-24-20)8-16-25-19(26-30-16)17-14-6-12(7-15(14)17)11-3-2-4-13(22)5-11/h2-6,9-10,14-15,17H,7-8H2,1H3/t14-,15+,17+/m0/s1. The zero-order valence-electron chi connectivity index (χ0n) is 16.1. The van der Waals surface area contributed by atoms with E-state index in [4.69, 9.17) is 4.52 Å². The van der Waals surface area contributed by atoms with E-state index in [1.54, 1.807) is 30.1 Å². The number of halogens is 1. The molecule has 2 aliphatic rings. The Labute approximate surface area is 169 Å². The average molecular weight is 404 g/mol. The highest BCUT2D eigenvalue weighted by Crippen LogP contribution is 2.62. The van der Waals surface area contributed by atoms with Crippen LogP contribution in [0.2, 0.25) is 0 Å². The fourth-order valence-electron chi connectivity index (χ4n) is 4.51. The Hall–Kier alpha value is -3.62. The van der Waals surface area contributed by atoms with Crippen molar-refractivity contribution in [2.75, 3.05) is 0 Å². The first-order valence-corrected chi connectivity index (χ1v) is 9.74. The van der Waals surface area contributed by atoms with Crippen molar-refractivity contribution in [1.29, 1.82) is 0 Å². The van der Waals surface area contributed by atoms with Gasteiger partial charge < -0.3 is 9.09 Å². The van der Waals surface area contributed by atoms with Crippen molar-refractivity contribution in [3.05, 3.63) is 76.4 Å². The number of hydrogen-bond acceptors (Lipinski definition) is 6. The molecule has 0 unspecified atom stereocenters. The highest BCUT2D eigenvalue weighted by atomic mass is 19.1. The highest BCUT2D eigenvalue weighted by molar-refractivity contribution is 5.71. The number of allylic oxidation sites excluding steroid dienone is 2. The molecular formula is C21H17FN6O2. The van der Waals surface area contributed by atoms with Crippen molar-refractivity contribution >= 4 is 16.7 Å². The van der Waals surface area contributed by atoms with Crippen molar-refractivity contribution in [2.24, 2.45) is 18.9 Å². The molecular weight excluding hydrogens is 387 g/mol. The second-order valence-electron chi connectivity index (χ2n) is 7.92. The molecule has 3 aromatic heterocycles. The summed E-state index contributed by atoms with van der Waals surface area (Å²) in [4.78, 5) is 25.5. The van der Waals surface area contributed by atoms with Crippen molar-refractivity contribution < 1.29 is 8.91 Å². The van der Waals surface area contributed by atoms with Crippen molar-refractivity contribution in [2.45, 2.75) is 18.9 Å². The number of aryl methyl sites for hydroxylation is 1. The average Bonchev–Trinajstić information content (AvgIpc) is 3.16. The number of imidazole rings is 1. The number of nitrogens with zero attached hydrogens (tertiary/aromatic N) is 6. The van der Waals surface area contributed by atoms with Crippen LogP contribution in [0, 0.1) is 17.7 Å². The van der Waals surface area contributed by atoms with Crippen LogP contribution in [0.4, 0.5) is 4.39 Å². The number of aromatic nitrogens is 6. The molecule has 0 amide bonds. The fraction of sp³-hybridized carbons (Fsp3) is 0.286. The minimum Gasteiger partial charge on any atom is -0.337 e. The summed E-state index contributed by atoms with van der Waals surface area (Å²) in [7, 11) is 1.75. The van der Waals surface area contributed by atoms with Crippen LogP contribution in [0.3, 0.4) is 0 Å². The fourth-order valence-corrected chi connectivity index (χ4v) is 4.51. The number of fused-ring (bicyclic) bond motifs is 2. The maximum Gasteiger partial charge on any atom is 0.280 e. The molecule has 6 rings (SSSR count). The largest absolute Gasteiger partial charge is 0.337 e. The van der Waals surface area contributed by atoms with E-state index in [2.05, 4.69) is 26.2 Å². The van der Waals surface area contributed by atoms with Gasteiger partial charge in [0.15, 0.2) is 17.0 Å². The van der Waals surface area contributed by atoms with E-state index < -0.39 is 0 Å². The van der Waals surface area contributed by atoms with Crippen molar-refractivity contribution in [1.82, 2.24) is 29.2 Å². The molecule has 150 valence electrons. The quantitative estimate of drug-likeness (QED) is 0.519.